The summed E-state index contributed by atoms with van der Waals surface area (Å²) >= 11 is 13.0. The van der Waals surface area contributed by atoms with E-state index in [2.05, 4.69) is 18.1 Å². The summed E-state index contributed by atoms with van der Waals surface area (Å²) in [7, 11) is 1.54. The Morgan fingerprint density at radius 3 is 2.76 bits per heavy atom. The van der Waals surface area contributed by atoms with Crippen molar-refractivity contribution in [2.45, 2.75) is 13.0 Å². The number of hydrogen-bond acceptors (Lipinski definition) is 2. The second-order valence-corrected chi connectivity index (χ2v) is 6.73. The third-order valence-corrected chi connectivity index (χ3v) is 5.15. The first-order valence-corrected chi connectivity index (χ1v) is 8.60. The van der Waals surface area contributed by atoms with Gasteiger partial charge in [-0.25, -0.2) is 4.39 Å². The molecule has 0 fully saturated rings. The van der Waals surface area contributed by atoms with Crippen molar-refractivity contribution in [3.05, 3.63) is 81.6 Å². The molecule has 0 unspecified atom stereocenters. The van der Waals surface area contributed by atoms with E-state index in [1.165, 1.54) is 19.2 Å². The topological polar surface area (TPSA) is 12.5 Å². The molecule has 25 heavy (non-hydrogen) atoms. The summed E-state index contributed by atoms with van der Waals surface area (Å²) in [6, 6.07) is 8.43. The van der Waals surface area contributed by atoms with Crippen molar-refractivity contribution in [2.24, 2.45) is 0 Å². The zero-order valence-corrected chi connectivity index (χ0v) is 15.4. The molecule has 0 amide bonds. The van der Waals surface area contributed by atoms with Crippen LogP contribution in [-0.2, 0) is 17.7 Å². The van der Waals surface area contributed by atoms with Crippen LogP contribution in [0.15, 0.2) is 43.5 Å². The molecule has 0 atom stereocenters. The van der Waals surface area contributed by atoms with Crippen molar-refractivity contribution in [3.8, 4) is 0 Å². The molecule has 1 heterocycles. The monoisotopic (exact) mass is 377 g/mol. The van der Waals surface area contributed by atoms with Crippen molar-refractivity contribution in [1.29, 1.82) is 0 Å². The highest BCUT2D eigenvalue weighted by atomic mass is 35.5. The number of nitrogens with zero attached hydrogens (tertiary/aromatic N) is 1. The van der Waals surface area contributed by atoms with Gasteiger partial charge < -0.3 is 9.64 Å². The molecule has 0 aliphatic carbocycles. The predicted octanol–water partition coefficient (Wildman–Crippen LogP) is 5.78. The number of benzene rings is 2. The fraction of sp³-hybridized carbons (Fsp3) is 0.200. The maximum atomic E-state index is 13.4. The standard InChI is InChI=1S/C20H18Cl2FNO/c1-12-17-10-18(21)19(13(2)25-3)20(22)16(17)7-8-24(12)11-14-5-4-6-15(23)9-14/h4-6,9-10H,1-2,7-8,11H2,3H3. The van der Waals surface area contributed by atoms with Crippen LogP contribution >= 0.6 is 23.2 Å². The largest absolute Gasteiger partial charge is 0.497 e. The van der Waals surface area contributed by atoms with E-state index in [9.17, 15) is 4.39 Å². The Morgan fingerprint density at radius 1 is 1.32 bits per heavy atom. The van der Waals surface area contributed by atoms with Gasteiger partial charge in [-0.3, -0.25) is 0 Å². The Kier molecular flexibility index (Phi) is 5.07. The number of rotatable bonds is 4. The quantitative estimate of drug-likeness (QED) is 0.626. The molecule has 0 saturated carbocycles. The van der Waals surface area contributed by atoms with E-state index in [1.807, 2.05) is 12.1 Å². The van der Waals surface area contributed by atoms with Crippen LogP contribution in [0.3, 0.4) is 0 Å². The molecule has 3 rings (SSSR count). The third-order valence-electron chi connectivity index (χ3n) is 4.43. The highest BCUT2D eigenvalue weighted by molar-refractivity contribution is 6.38. The Morgan fingerprint density at radius 2 is 2.08 bits per heavy atom. The fourth-order valence-corrected chi connectivity index (χ4v) is 3.86. The molecule has 2 aromatic rings. The van der Waals surface area contributed by atoms with Crippen LogP contribution in [0.5, 0.6) is 0 Å². The molecule has 2 nitrogen and oxygen atoms in total. The highest BCUT2D eigenvalue weighted by Gasteiger charge is 2.26. The molecule has 1 aliphatic heterocycles. The van der Waals surface area contributed by atoms with Gasteiger partial charge in [0.1, 0.15) is 11.6 Å². The SMILES string of the molecule is C=C(OC)c1c(Cl)cc2c(c1Cl)CCN(Cc1cccc(F)c1)C2=C. The van der Waals surface area contributed by atoms with E-state index < -0.39 is 0 Å². The van der Waals surface area contributed by atoms with E-state index >= 15 is 0 Å². The average molecular weight is 378 g/mol. The van der Waals surface area contributed by atoms with Gasteiger partial charge in [-0.2, -0.15) is 0 Å². The Labute approximate surface area is 157 Å². The van der Waals surface area contributed by atoms with Crippen LogP contribution < -0.4 is 0 Å². The predicted molar refractivity (Wildman–Crippen MR) is 102 cm³/mol. The van der Waals surface area contributed by atoms with Gasteiger partial charge in [0.2, 0.25) is 0 Å². The Bertz CT molecular complexity index is 863. The summed E-state index contributed by atoms with van der Waals surface area (Å²) in [4.78, 5) is 2.11. The summed E-state index contributed by atoms with van der Waals surface area (Å²) in [5, 5.41) is 1.03. The lowest BCUT2D eigenvalue weighted by atomic mass is 9.94. The van der Waals surface area contributed by atoms with E-state index in [-0.39, 0.29) is 5.82 Å². The van der Waals surface area contributed by atoms with Crippen LogP contribution in [-0.4, -0.2) is 18.6 Å². The Hall–Kier alpha value is -1.97. The van der Waals surface area contributed by atoms with Crippen molar-refractivity contribution in [3.63, 3.8) is 0 Å². The fourth-order valence-electron chi connectivity index (χ4n) is 3.10. The first-order chi connectivity index (χ1) is 11.9. The minimum absolute atomic E-state index is 0.241. The van der Waals surface area contributed by atoms with Crippen molar-refractivity contribution < 1.29 is 9.13 Å². The van der Waals surface area contributed by atoms with Gasteiger partial charge >= 0.3 is 0 Å². The van der Waals surface area contributed by atoms with Crippen LogP contribution in [0.4, 0.5) is 4.39 Å². The molecule has 0 bridgehead atoms. The second-order valence-electron chi connectivity index (χ2n) is 5.95. The molecule has 0 saturated heterocycles. The molecular weight excluding hydrogens is 360 g/mol. The molecule has 0 aromatic heterocycles. The first-order valence-electron chi connectivity index (χ1n) is 7.85. The highest BCUT2D eigenvalue weighted by Crippen LogP contribution is 2.41. The lowest BCUT2D eigenvalue weighted by Crippen LogP contribution is -2.29. The smallest absolute Gasteiger partial charge is 0.123 e. The lowest BCUT2D eigenvalue weighted by Gasteiger charge is -2.34. The zero-order chi connectivity index (χ0) is 18.1. The van der Waals surface area contributed by atoms with E-state index in [4.69, 9.17) is 27.9 Å². The van der Waals surface area contributed by atoms with E-state index in [0.717, 1.165) is 35.4 Å². The minimum atomic E-state index is -0.241. The number of ether oxygens (including phenoxy) is 1. The molecule has 5 heteroatoms. The van der Waals surface area contributed by atoms with Gasteiger partial charge in [-0.05, 0) is 35.7 Å². The van der Waals surface area contributed by atoms with Crippen molar-refractivity contribution in [1.82, 2.24) is 4.90 Å². The summed E-state index contributed by atoms with van der Waals surface area (Å²) in [6.45, 7) is 9.37. The van der Waals surface area contributed by atoms with E-state index in [1.54, 1.807) is 6.07 Å². The summed E-state index contributed by atoms with van der Waals surface area (Å²) in [6.07, 6.45) is 0.740. The van der Waals surface area contributed by atoms with Gasteiger partial charge in [0, 0.05) is 24.4 Å². The third kappa shape index (κ3) is 3.39. The summed E-state index contributed by atoms with van der Waals surface area (Å²) in [5.41, 5.74) is 4.23. The van der Waals surface area contributed by atoms with Gasteiger partial charge in [0.25, 0.3) is 0 Å². The molecule has 0 radical (unpaired) electrons. The second kappa shape index (κ2) is 7.11. The average Bonchev–Trinajstić information content (AvgIpc) is 2.58. The molecule has 2 aromatic carbocycles. The number of hydrogen-bond donors (Lipinski definition) is 0. The van der Waals surface area contributed by atoms with Crippen molar-refractivity contribution in [2.75, 3.05) is 13.7 Å². The lowest BCUT2D eigenvalue weighted by molar-refractivity contribution is 0.370. The maximum absolute atomic E-state index is 13.4. The normalized spacial score (nSPS) is 13.6. The molecule has 1 aliphatic rings. The van der Waals surface area contributed by atoms with Gasteiger partial charge in [0.15, 0.2) is 0 Å². The van der Waals surface area contributed by atoms with Crippen LogP contribution in [0.2, 0.25) is 10.0 Å². The van der Waals surface area contributed by atoms with Gasteiger partial charge in [0.05, 0.1) is 22.7 Å². The van der Waals surface area contributed by atoms with Crippen LogP contribution in [0, 0.1) is 5.82 Å². The number of fused-ring (bicyclic) bond motifs is 1. The number of methoxy groups -OCH3 is 1. The maximum Gasteiger partial charge on any atom is 0.123 e. The minimum Gasteiger partial charge on any atom is -0.497 e. The molecular formula is C20H18Cl2FNO. The van der Waals surface area contributed by atoms with E-state index in [0.29, 0.717) is 27.9 Å². The Balaban J connectivity index is 1.94. The zero-order valence-electron chi connectivity index (χ0n) is 13.9. The van der Waals surface area contributed by atoms with Crippen molar-refractivity contribution >= 4 is 34.7 Å². The van der Waals surface area contributed by atoms with Crippen LogP contribution in [0.25, 0.3) is 11.5 Å². The summed E-state index contributed by atoms with van der Waals surface area (Å²) in [5.74, 6) is 0.194. The molecule has 0 spiro atoms. The van der Waals surface area contributed by atoms with Crippen LogP contribution in [0.1, 0.15) is 22.3 Å². The first kappa shape index (κ1) is 17.8. The van der Waals surface area contributed by atoms with Gasteiger partial charge in [-0.15, -0.1) is 0 Å². The summed E-state index contributed by atoms with van der Waals surface area (Å²) < 4.78 is 18.6. The molecule has 130 valence electrons. The van der Waals surface area contributed by atoms with Gasteiger partial charge in [-0.1, -0.05) is 48.5 Å². The number of halogens is 3. The molecule has 0 N–H and O–H groups in total.